The van der Waals surface area contributed by atoms with E-state index in [1.807, 2.05) is 35.9 Å². The Labute approximate surface area is 245 Å². The van der Waals surface area contributed by atoms with Crippen LogP contribution in [0, 0.1) is 0 Å². The van der Waals surface area contributed by atoms with Gasteiger partial charge in [0.15, 0.2) is 0 Å². The number of hydrogen-bond donors (Lipinski definition) is 5. The summed E-state index contributed by atoms with van der Waals surface area (Å²) in [4.78, 5) is 66.4. The maximum absolute atomic E-state index is 12.7. The largest absolute Gasteiger partial charge is 0.480 e. The topological polar surface area (TPSA) is 184 Å². The quantitative estimate of drug-likeness (QED) is 0.144. The number of carbonyl (C=O) groups excluding carboxylic acids is 4. The molecule has 14 nitrogen and oxygen atoms in total. The molecule has 0 bridgehead atoms. The number of halogens is 1. The minimum Gasteiger partial charge on any atom is -0.480 e. The third-order valence-corrected chi connectivity index (χ3v) is 6.93. The van der Waals surface area contributed by atoms with E-state index in [-0.39, 0.29) is 6.61 Å². The fraction of sp³-hybridized carbons (Fsp3) is 0.333. The highest BCUT2D eigenvalue weighted by Crippen LogP contribution is 2.18. The molecular formula is C27H30ClN7O7. The lowest BCUT2D eigenvalue weighted by atomic mass is 10.1. The number of aryl methyl sites for hydroxylation is 1. The summed E-state index contributed by atoms with van der Waals surface area (Å²) in [6.45, 7) is -0.797. The maximum Gasteiger partial charge on any atom is 0.408 e. The molecule has 1 aliphatic rings. The molecule has 5 N–H and O–H groups in total. The zero-order chi connectivity index (χ0) is 30.2. The van der Waals surface area contributed by atoms with Crippen molar-refractivity contribution in [3.05, 3.63) is 59.1 Å². The van der Waals surface area contributed by atoms with Crippen LogP contribution >= 0.6 is 11.6 Å². The first-order valence-corrected chi connectivity index (χ1v) is 13.4. The van der Waals surface area contributed by atoms with E-state index >= 15 is 0 Å². The lowest BCUT2D eigenvalue weighted by Crippen LogP contribution is -2.50. The summed E-state index contributed by atoms with van der Waals surface area (Å²) in [5.74, 6) is -2.08. The van der Waals surface area contributed by atoms with Crippen LogP contribution in [0.5, 0.6) is 0 Å². The summed E-state index contributed by atoms with van der Waals surface area (Å²) in [5, 5.41) is 20.0. The van der Waals surface area contributed by atoms with Gasteiger partial charge < -0.3 is 35.7 Å². The monoisotopic (exact) mass is 599 g/mol. The molecule has 222 valence electrons. The van der Waals surface area contributed by atoms with Gasteiger partial charge in [0.25, 0.3) is 5.91 Å². The Morgan fingerprint density at radius 1 is 1.14 bits per heavy atom. The number of nitrogens with zero attached hydrogens (tertiary/aromatic N) is 3. The molecule has 1 saturated heterocycles. The first-order valence-electron chi connectivity index (χ1n) is 13.1. The number of imidazole rings is 1. The van der Waals surface area contributed by atoms with Gasteiger partial charge >= 0.3 is 18.1 Å². The molecule has 1 aliphatic heterocycles. The van der Waals surface area contributed by atoms with Crippen molar-refractivity contribution in [2.45, 2.75) is 31.5 Å². The number of amides is 5. The first kappa shape index (κ1) is 30.1. The number of alkyl carbamates (subject to hydrolysis) is 1. The Morgan fingerprint density at radius 3 is 2.62 bits per heavy atom. The molecule has 15 heteroatoms. The molecule has 4 rings (SSSR count). The summed E-state index contributed by atoms with van der Waals surface area (Å²) in [7, 11) is 1.89. The molecule has 0 radical (unpaired) electrons. The minimum atomic E-state index is -1.52. The van der Waals surface area contributed by atoms with Crippen LogP contribution in [0.4, 0.5) is 15.5 Å². The van der Waals surface area contributed by atoms with Gasteiger partial charge in [-0.05, 0) is 31.0 Å². The van der Waals surface area contributed by atoms with E-state index in [1.165, 1.54) is 0 Å². The number of nitrogens with one attached hydrogen (secondary N) is 4. The molecule has 42 heavy (non-hydrogen) atoms. The van der Waals surface area contributed by atoms with Crippen LogP contribution in [0.15, 0.2) is 48.5 Å². The Kier molecular flexibility index (Phi) is 9.81. The molecule has 2 atom stereocenters. The number of hydrogen-bond acceptors (Lipinski definition) is 8. The van der Waals surface area contributed by atoms with Gasteiger partial charge in [-0.25, -0.2) is 19.4 Å². The van der Waals surface area contributed by atoms with Gasteiger partial charge in [0.05, 0.1) is 11.0 Å². The standard InChI is InChI=1S/C27H30ClN7O7/c1-34-21-11-5-4-9-18(21)31-25(34)29-12-6-10-19-23(37)35(26(40)32-19)14-22(36)30-13-20(24(38)39)33-27(41)42-15-16-7-2-3-8-17(16)28/h2-5,7-9,11,19-20H,6,10,12-15H2,1H3,(H,29,31)(H,30,36)(H,32,40)(H,33,41)(H,38,39). The van der Waals surface area contributed by atoms with Crippen LogP contribution in [0.25, 0.3) is 11.0 Å². The van der Waals surface area contributed by atoms with Gasteiger partial charge in [-0.15, -0.1) is 0 Å². The second-order valence-corrected chi connectivity index (χ2v) is 9.89. The fourth-order valence-electron chi connectivity index (χ4n) is 4.29. The van der Waals surface area contributed by atoms with Crippen molar-refractivity contribution in [3.63, 3.8) is 0 Å². The van der Waals surface area contributed by atoms with Crippen molar-refractivity contribution in [1.82, 2.24) is 30.4 Å². The average molecular weight is 600 g/mol. The number of carbonyl (C=O) groups is 5. The van der Waals surface area contributed by atoms with Gasteiger partial charge in [0.1, 0.15) is 25.2 Å². The number of ether oxygens (including phenoxy) is 1. The van der Waals surface area contributed by atoms with E-state index in [9.17, 15) is 29.1 Å². The van der Waals surface area contributed by atoms with E-state index in [2.05, 4.69) is 26.3 Å². The molecule has 0 spiro atoms. The number of benzene rings is 2. The van der Waals surface area contributed by atoms with E-state index in [0.717, 1.165) is 15.9 Å². The average Bonchev–Trinajstić information content (AvgIpc) is 3.42. The number of carboxylic acid groups (broad SMARTS) is 1. The Morgan fingerprint density at radius 2 is 1.88 bits per heavy atom. The molecule has 0 aliphatic carbocycles. The number of aliphatic carboxylic acids is 1. The third kappa shape index (κ3) is 7.46. The first-order chi connectivity index (χ1) is 20.1. The number of para-hydroxylation sites is 2. The van der Waals surface area contributed by atoms with Crippen molar-refractivity contribution in [1.29, 1.82) is 0 Å². The molecule has 3 aromatic rings. The third-order valence-electron chi connectivity index (χ3n) is 6.56. The zero-order valence-electron chi connectivity index (χ0n) is 22.6. The molecular weight excluding hydrogens is 570 g/mol. The Bertz CT molecular complexity index is 1490. The predicted molar refractivity (Wildman–Crippen MR) is 152 cm³/mol. The molecule has 5 amide bonds. The second kappa shape index (κ2) is 13.7. The fourth-order valence-corrected chi connectivity index (χ4v) is 4.48. The highest BCUT2D eigenvalue weighted by molar-refractivity contribution is 6.31. The number of carboxylic acids is 1. The number of aromatic nitrogens is 2. The number of imide groups is 1. The number of urea groups is 1. The van der Waals surface area contributed by atoms with Gasteiger partial charge in [-0.1, -0.05) is 41.9 Å². The number of rotatable bonds is 13. The number of fused-ring (bicyclic) bond motifs is 1. The summed E-state index contributed by atoms with van der Waals surface area (Å²) < 4.78 is 6.93. The summed E-state index contributed by atoms with van der Waals surface area (Å²) in [5.41, 5.74) is 2.36. The summed E-state index contributed by atoms with van der Waals surface area (Å²) >= 11 is 6.00. The van der Waals surface area contributed by atoms with Crippen LogP contribution in [-0.2, 0) is 32.8 Å². The SMILES string of the molecule is Cn1c(NCCCC2NC(=O)N(CC(=O)NCC(NC(=O)OCc3ccccc3Cl)C(=O)O)C2=O)nc2ccccc21. The van der Waals surface area contributed by atoms with Crippen LogP contribution in [0.2, 0.25) is 5.02 Å². The summed E-state index contributed by atoms with van der Waals surface area (Å²) in [6, 6.07) is 11.3. The minimum absolute atomic E-state index is 0.187. The highest BCUT2D eigenvalue weighted by atomic mass is 35.5. The van der Waals surface area contributed by atoms with Crippen molar-refractivity contribution in [2.24, 2.45) is 7.05 Å². The number of anilines is 1. The van der Waals surface area contributed by atoms with E-state index in [0.29, 0.717) is 35.9 Å². The molecule has 1 aromatic heterocycles. The predicted octanol–water partition coefficient (Wildman–Crippen LogP) is 1.84. The lowest BCUT2D eigenvalue weighted by molar-refractivity contribution is -0.139. The van der Waals surface area contributed by atoms with Gasteiger partial charge in [0, 0.05) is 30.7 Å². The maximum atomic E-state index is 12.7. The smallest absolute Gasteiger partial charge is 0.408 e. The van der Waals surface area contributed by atoms with Crippen LogP contribution in [-0.4, -0.2) is 81.2 Å². The van der Waals surface area contributed by atoms with Crippen molar-refractivity contribution < 1.29 is 33.8 Å². The normalized spacial score (nSPS) is 15.3. The van der Waals surface area contributed by atoms with Gasteiger partial charge in [-0.2, -0.15) is 0 Å². The van der Waals surface area contributed by atoms with E-state index in [1.54, 1.807) is 24.3 Å². The molecule has 1 fully saturated rings. The van der Waals surface area contributed by atoms with Crippen LogP contribution in [0.3, 0.4) is 0 Å². The molecule has 2 heterocycles. The second-order valence-electron chi connectivity index (χ2n) is 9.49. The molecule has 2 aromatic carbocycles. The zero-order valence-corrected chi connectivity index (χ0v) is 23.4. The van der Waals surface area contributed by atoms with Gasteiger partial charge in [-0.3, -0.25) is 14.5 Å². The van der Waals surface area contributed by atoms with Gasteiger partial charge in [0.2, 0.25) is 11.9 Å². The highest BCUT2D eigenvalue weighted by Gasteiger charge is 2.38. The van der Waals surface area contributed by atoms with E-state index in [4.69, 9.17) is 16.3 Å². The summed E-state index contributed by atoms with van der Waals surface area (Å²) in [6.07, 6.45) is -0.154. The van der Waals surface area contributed by atoms with Crippen molar-refractivity contribution >= 4 is 58.5 Å². The Hall–Kier alpha value is -4.85. The molecule has 2 unspecified atom stereocenters. The van der Waals surface area contributed by atoms with Crippen LogP contribution in [0.1, 0.15) is 18.4 Å². The lowest BCUT2D eigenvalue weighted by Gasteiger charge is -2.17. The molecule has 0 saturated carbocycles. The Balaban J connectivity index is 1.19. The van der Waals surface area contributed by atoms with Crippen LogP contribution < -0.4 is 21.3 Å². The van der Waals surface area contributed by atoms with Crippen molar-refractivity contribution in [2.75, 3.05) is 25.0 Å². The van der Waals surface area contributed by atoms with Crippen molar-refractivity contribution in [3.8, 4) is 0 Å². The van der Waals surface area contributed by atoms with E-state index < -0.39 is 55.1 Å².